The zero-order valence-electron chi connectivity index (χ0n) is 22.0. The van der Waals surface area contributed by atoms with Gasteiger partial charge in [0.1, 0.15) is 11.2 Å². The number of ether oxygens (including phenoxy) is 1. The standard InChI is InChI=1S/C29H33N5O2S/c1-17-24-28(37-27(17)25-18(2)31-32-33(25)5)23-22(15-21(16-30-23)29(3,4)35)34(24)26(19-9-7-6-8-10-19)20-11-13-36-14-12-20/h6-10,15-16,20,26,35H,11-14H2,1-5H3/t26-/m1/s1. The smallest absolute Gasteiger partial charge is 0.106 e. The highest BCUT2D eigenvalue weighted by atomic mass is 32.1. The number of nitrogens with zero attached hydrogens (tertiary/aromatic N) is 5. The Labute approximate surface area is 220 Å². The second-order valence-corrected chi connectivity index (χ2v) is 11.7. The van der Waals surface area contributed by atoms with E-state index >= 15 is 0 Å². The van der Waals surface area contributed by atoms with E-state index in [0.717, 1.165) is 54.0 Å². The zero-order valence-corrected chi connectivity index (χ0v) is 22.8. The van der Waals surface area contributed by atoms with Crippen LogP contribution in [-0.2, 0) is 17.4 Å². The van der Waals surface area contributed by atoms with Gasteiger partial charge in [-0.3, -0.25) is 4.98 Å². The van der Waals surface area contributed by atoms with E-state index in [0.29, 0.717) is 5.92 Å². The third kappa shape index (κ3) is 3.98. The van der Waals surface area contributed by atoms with Gasteiger partial charge in [-0.05, 0) is 63.6 Å². The van der Waals surface area contributed by atoms with Gasteiger partial charge >= 0.3 is 0 Å². The van der Waals surface area contributed by atoms with Crippen molar-refractivity contribution in [3.8, 4) is 10.6 Å². The van der Waals surface area contributed by atoms with Crippen LogP contribution < -0.4 is 0 Å². The molecular formula is C29H33N5O2S. The molecule has 6 rings (SSSR count). The Kier molecular flexibility index (Phi) is 5.93. The molecule has 5 aromatic rings. The number of hydrogen-bond donors (Lipinski definition) is 1. The molecule has 7 nitrogen and oxygen atoms in total. The van der Waals surface area contributed by atoms with Crippen molar-refractivity contribution in [3.05, 3.63) is 65.0 Å². The molecule has 1 aliphatic heterocycles. The van der Waals surface area contributed by atoms with Crippen molar-refractivity contribution >= 4 is 32.6 Å². The van der Waals surface area contributed by atoms with Crippen molar-refractivity contribution in [1.29, 1.82) is 0 Å². The Hall–Kier alpha value is -3.07. The molecule has 0 unspecified atom stereocenters. The molecule has 0 spiro atoms. The maximum atomic E-state index is 10.9. The Morgan fingerprint density at radius 3 is 2.51 bits per heavy atom. The van der Waals surface area contributed by atoms with E-state index in [2.05, 4.69) is 58.2 Å². The van der Waals surface area contributed by atoms with Gasteiger partial charge in [-0.2, -0.15) is 0 Å². The number of thiophene rings is 1. The van der Waals surface area contributed by atoms with Crippen LogP contribution in [0.2, 0.25) is 0 Å². The molecule has 0 radical (unpaired) electrons. The lowest BCUT2D eigenvalue weighted by molar-refractivity contribution is 0.0552. The van der Waals surface area contributed by atoms with Crippen LogP contribution in [-0.4, -0.2) is 42.9 Å². The number of rotatable bonds is 5. The molecule has 1 N–H and O–H groups in total. The van der Waals surface area contributed by atoms with Crippen LogP contribution in [0.4, 0.5) is 0 Å². The highest BCUT2D eigenvalue weighted by molar-refractivity contribution is 7.23. The van der Waals surface area contributed by atoms with Gasteiger partial charge in [-0.25, -0.2) is 4.68 Å². The summed E-state index contributed by atoms with van der Waals surface area (Å²) in [5.41, 5.74) is 7.55. The summed E-state index contributed by atoms with van der Waals surface area (Å²) in [5, 5.41) is 19.5. The van der Waals surface area contributed by atoms with Gasteiger partial charge < -0.3 is 14.4 Å². The molecule has 1 aromatic carbocycles. The molecule has 1 saturated heterocycles. The molecule has 192 valence electrons. The third-order valence-electron chi connectivity index (χ3n) is 7.75. The molecule has 5 heterocycles. The fourth-order valence-electron chi connectivity index (χ4n) is 5.82. The van der Waals surface area contributed by atoms with Crippen molar-refractivity contribution in [1.82, 2.24) is 24.5 Å². The fraction of sp³-hybridized carbons (Fsp3) is 0.414. The predicted molar refractivity (Wildman–Crippen MR) is 148 cm³/mol. The summed E-state index contributed by atoms with van der Waals surface area (Å²) in [7, 11) is 1.95. The minimum atomic E-state index is -0.984. The summed E-state index contributed by atoms with van der Waals surface area (Å²) >= 11 is 1.76. The highest BCUT2D eigenvalue weighted by Crippen LogP contribution is 2.47. The largest absolute Gasteiger partial charge is 0.386 e. The second-order valence-electron chi connectivity index (χ2n) is 10.7. The molecule has 0 aliphatic carbocycles. The second kappa shape index (κ2) is 9.04. The average molecular weight is 516 g/mol. The van der Waals surface area contributed by atoms with Gasteiger partial charge in [0.25, 0.3) is 0 Å². The number of benzene rings is 1. The lowest BCUT2D eigenvalue weighted by atomic mass is 9.86. The minimum Gasteiger partial charge on any atom is -0.386 e. The Balaban J connectivity index is 1.71. The van der Waals surface area contributed by atoms with E-state index in [-0.39, 0.29) is 6.04 Å². The van der Waals surface area contributed by atoms with Crippen LogP contribution in [0.5, 0.6) is 0 Å². The average Bonchev–Trinajstić information content (AvgIpc) is 3.50. The van der Waals surface area contributed by atoms with Crippen LogP contribution in [0, 0.1) is 19.8 Å². The van der Waals surface area contributed by atoms with Crippen LogP contribution in [0.1, 0.15) is 55.1 Å². The van der Waals surface area contributed by atoms with Crippen molar-refractivity contribution in [3.63, 3.8) is 0 Å². The normalized spacial score (nSPS) is 16.2. The molecule has 0 saturated carbocycles. The molecule has 0 amide bonds. The van der Waals surface area contributed by atoms with E-state index in [1.54, 1.807) is 11.3 Å². The molecule has 4 aromatic heterocycles. The van der Waals surface area contributed by atoms with Gasteiger partial charge in [-0.15, -0.1) is 16.4 Å². The topological polar surface area (TPSA) is 78.0 Å². The summed E-state index contributed by atoms with van der Waals surface area (Å²) in [6.45, 7) is 9.41. The Morgan fingerprint density at radius 2 is 1.86 bits per heavy atom. The quantitative estimate of drug-likeness (QED) is 0.315. The first-order valence-electron chi connectivity index (χ1n) is 12.9. The summed E-state index contributed by atoms with van der Waals surface area (Å²) in [5.74, 6) is 0.420. The zero-order chi connectivity index (χ0) is 25.9. The number of aromatic nitrogens is 5. The molecular weight excluding hydrogens is 482 g/mol. The van der Waals surface area contributed by atoms with Crippen molar-refractivity contribution in [2.75, 3.05) is 13.2 Å². The van der Waals surface area contributed by atoms with Crippen molar-refractivity contribution in [2.45, 2.75) is 52.2 Å². The van der Waals surface area contributed by atoms with Gasteiger partial charge in [0.15, 0.2) is 0 Å². The van der Waals surface area contributed by atoms with Crippen LogP contribution in [0.3, 0.4) is 0 Å². The summed E-state index contributed by atoms with van der Waals surface area (Å²) < 4.78 is 11.3. The van der Waals surface area contributed by atoms with E-state index < -0.39 is 5.60 Å². The minimum absolute atomic E-state index is 0.121. The molecule has 37 heavy (non-hydrogen) atoms. The monoisotopic (exact) mass is 515 g/mol. The first-order valence-corrected chi connectivity index (χ1v) is 13.7. The number of aryl methyl sites for hydroxylation is 3. The Bertz CT molecular complexity index is 1570. The third-order valence-corrected chi connectivity index (χ3v) is 9.04. The molecule has 1 atom stereocenters. The molecule has 1 fully saturated rings. The van der Waals surface area contributed by atoms with E-state index in [4.69, 9.17) is 9.72 Å². The summed E-state index contributed by atoms with van der Waals surface area (Å²) in [6.07, 6.45) is 3.82. The lowest BCUT2D eigenvalue weighted by Gasteiger charge is -2.33. The lowest BCUT2D eigenvalue weighted by Crippen LogP contribution is -2.27. The number of aliphatic hydroxyl groups is 1. The van der Waals surface area contributed by atoms with E-state index in [1.807, 2.05) is 38.7 Å². The van der Waals surface area contributed by atoms with Gasteiger partial charge in [0.2, 0.25) is 0 Å². The van der Waals surface area contributed by atoms with Crippen LogP contribution in [0.25, 0.3) is 31.8 Å². The number of pyridine rings is 1. The molecule has 0 bridgehead atoms. The van der Waals surface area contributed by atoms with Crippen LogP contribution >= 0.6 is 11.3 Å². The molecule has 1 aliphatic rings. The first-order chi connectivity index (χ1) is 17.8. The summed E-state index contributed by atoms with van der Waals surface area (Å²) in [6, 6.07) is 13.1. The molecule has 8 heteroatoms. The SMILES string of the molecule is Cc1nnn(C)c1-c1sc2c3ncc(C(C)(C)O)cc3n([C@H](c3ccccc3)C3CCOCC3)c2c1C. The van der Waals surface area contributed by atoms with E-state index in [1.165, 1.54) is 26.2 Å². The number of fused-ring (bicyclic) bond motifs is 3. The number of hydrogen-bond acceptors (Lipinski definition) is 6. The van der Waals surface area contributed by atoms with Gasteiger partial charge in [-0.1, -0.05) is 35.5 Å². The van der Waals surface area contributed by atoms with Crippen LogP contribution in [0.15, 0.2) is 42.6 Å². The fourth-order valence-corrected chi connectivity index (χ4v) is 7.25. The highest BCUT2D eigenvalue weighted by Gasteiger charge is 2.33. The maximum absolute atomic E-state index is 10.9. The summed E-state index contributed by atoms with van der Waals surface area (Å²) in [4.78, 5) is 6.14. The van der Waals surface area contributed by atoms with Crippen molar-refractivity contribution in [2.24, 2.45) is 13.0 Å². The van der Waals surface area contributed by atoms with E-state index in [9.17, 15) is 5.11 Å². The predicted octanol–water partition coefficient (Wildman–Crippen LogP) is 5.91. The first kappa shape index (κ1) is 24.3. The Morgan fingerprint density at radius 1 is 1.14 bits per heavy atom. The van der Waals surface area contributed by atoms with Crippen molar-refractivity contribution < 1.29 is 9.84 Å². The van der Waals surface area contributed by atoms with Gasteiger partial charge in [0, 0.05) is 32.0 Å². The van der Waals surface area contributed by atoms with Gasteiger partial charge in [0.05, 0.1) is 37.9 Å². The maximum Gasteiger partial charge on any atom is 0.106 e.